The van der Waals surface area contributed by atoms with E-state index in [0.29, 0.717) is 28.7 Å². The molecule has 236 valence electrons. The summed E-state index contributed by atoms with van der Waals surface area (Å²) in [5, 5.41) is 4.49. The Kier molecular flexibility index (Phi) is 7.50. The average Bonchev–Trinajstić information content (AvgIpc) is 3.86. The third-order valence-corrected chi connectivity index (χ3v) is 10.9. The lowest BCUT2D eigenvalue weighted by Crippen LogP contribution is -2.11. The van der Waals surface area contributed by atoms with Gasteiger partial charge in [-0.05, 0) is 82.6 Å². The molecule has 0 fully saturated rings. The van der Waals surface area contributed by atoms with Crippen LogP contribution < -0.4 is 4.90 Å². The first-order valence-corrected chi connectivity index (χ1v) is 17.9. The molecule has 0 radical (unpaired) electrons. The third kappa shape index (κ3) is 5.22. The number of hydrogen-bond donors (Lipinski definition) is 0. The molecule has 4 nitrogen and oxygen atoms in total. The topological polar surface area (TPSA) is 50.5 Å². The minimum Gasteiger partial charge on any atom is -0.455 e. The number of ketones is 2. The van der Waals surface area contributed by atoms with E-state index in [1.807, 2.05) is 12.1 Å². The fourth-order valence-corrected chi connectivity index (χ4v) is 8.33. The van der Waals surface area contributed by atoms with Crippen molar-refractivity contribution >= 4 is 77.7 Å². The number of anilines is 3. The van der Waals surface area contributed by atoms with Crippen molar-refractivity contribution in [3.63, 3.8) is 0 Å². The van der Waals surface area contributed by atoms with E-state index in [0.717, 1.165) is 37.4 Å². The largest absolute Gasteiger partial charge is 0.455 e. The highest BCUT2D eigenvalue weighted by atomic mass is 32.1. The second-order valence-electron chi connectivity index (χ2n) is 13.0. The Bertz CT molecular complexity index is 2330. The maximum atomic E-state index is 12.9. The molecule has 48 heavy (non-hydrogen) atoms. The predicted molar refractivity (Wildman–Crippen MR) is 201 cm³/mol. The minimum atomic E-state index is -0.232. The number of benzene rings is 4. The SMILES string of the molecule is CC(C)c1cc(C(C)C)cc(N(c2ccc(-c3ccccc3)cc2)c2ccc3c(c2)sc2cc(C=C4C(=O)c5cscc5C4=O)oc23)c1. The second kappa shape index (κ2) is 11.9. The lowest BCUT2D eigenvalue weighted by atomic mass is 9.94. The summed E-state index contributed by atoms with van der Waals surface area (Å²) in [5.41, 5.74) is 10.2. The van der Waals surface area contributed by atoms with Gasteiger partial charge in [-0.1, -0.05) is 76.2 Å². The van der Waals surface area contributed by atoms with Gasteiger partial charge < -0.3 is 9.32 Å². The lowest BCUT2D eigenvalue weighted by molar-refractivity contribution is 0.0990. The number of furan rings is 1. The van der Waals surface area contributed by atoms with Crippen LogP contribution in [0.4, 0.5) is 17.1 Å². The van der Waals surface area contributed by atoms with E-state index in [9.17, 15) is 9.59 Å². The van der Waals surface area contributed by atoms with Crippen LogP contribution in [0.5, 0.6) is 0 Å². The summed E-state index contributed by atoms with van der Waals surface area (Å²) >= 11 is 3.02. The van der Waals surface area contributed by atoms with Crippen molar-refractivity contribution in [2.24, 2.45) is 0 Å². The van der Waals surface area contributed by atoms with Crippen LogP contribution in [-0.4, -0.2) is 11.6 Å². The van der Waals surface area contributed by atoms with Crippen LogP contribution in [-0.2, 0) is 0 Å². The molecule has 0 saturated carbocycles. The first kappa shape index (κ1) is 30.3. The van der Waals surface area contributed by atoms with Gasteiger partial charge in [0.05, 0.1) is 10.3 Å². The Morgan fingerprint density at radius 2 is 1.27 bits per heavy atom. The number of nitrogens with zero attached hydrogens (tertiary/aromatic N) is 1. The Morgan fingerprint density at radius 1 is 0.646 bits per heavy atom. The normalized spacial score (nSPS) is 13.0. The zero-order chi connectivity index (χ0) is 33.1. The highest BCUT2D eigenvalue weighted by Crippen LogP contribution is 2.43. The van der Waals surface area contributed by atoms with Crippen molar-refractivity contribution in [1.29, 1.82) is 0 Å². The molecule has 1 aliphatic rings. The standard InChI is InChI=1S/C42H33NO3S2/c1-24(2)28-16-29(25(3)4)18-32(17-28)43(30-12-10-27(11-13-30)26-8-6-5-7-9-26)31-14-15-34-38(19-31)48-39-21-33(46-42(34)39)20-35-40(44)36-22-47-23-37(36)41(35)45/h5-25H,1-4H3. The molecule has 3 aromatic heterocycles. The van der Waals surface area contributed by atoms with Crippen LogP contribution in [0.15, 0.2) is 118 Å². The molecule has 0 atom stereocenters. The first-order valence-electron chi connectivity index (χ1n) is 16.2. The molecule has 0 unspecified atom stereocenters. The molecule has 0 saturated heterocycles. The van der Waals surface area contributed by atoms with E-state index < -0.39 is 0 Å². The molecule has 6 heteroatoms. The maximum Gasteiger partial charge on any atom is 0.198 e. The van der Waals surface area contributed by atoms with Gasteiger partial charge in [0.25, 0.3) is 0 Å². The molecule has 0 aliphatic heterocycles. The molecule has 0 amide bonds. The Balaban J connectivity index is 1.21. The van der Waals surface area contributed by atoms with Crippen molar-refractivity contribution in [1.82, 2.24) is 0 Å². The number of allylic oxidation sites excluding steroid dienone is 1. The summed E-state index contributed by atoms with van der Waals surface area (Å²) < 4.78 is 8.36. The Labute approximate surface area is 287 Å². The van der Waals surface area contributed by atoms with Gasteiger partial charge in [0.2, 0.25) is 0 Å². The molecule has 0 N–H and O–H groups in total. The summed E-state index contributed by atoms with van der Waals surface area (Å²) in [6.45, 7) is 8.99. The third-order valence-electron chi connectivity index (χ3n) is 9.12. The fraction of sp³-hybridized carbons (Fsp3) is 0.143. The number of thiophene rings is 2. The van der Waals surface area contributed by atoms with Crippen LogP contribution in [0.25, 0.3) is 37.6 Å². The lowest BCUT2D eigenvalue weighted by Gasteiger charge is -2.28. The molecular weight excluding hydrogens is 631 g/mol. The quantitative estimate of drug-likeness (QED) is 0.126. The summed E-state index contributed by atoms with van der Waals surface area (Å²) in [7, 11) is 0. The first-order chi connectivity index (χ1) is 23.2. The van der Waals surface area contributed by atoms with Crippen molar-refractivity contribution in [2.45, 2.75) is 39.5 Å². The predicted octanol–water partition coefficient (Wildman–Crippen LogP) is 12.6. The van der Waals surface area contributed by atoms with Gasteiger partial charge >= 0.3 is 0 Å². The molecular formula is C42H33NO3S2. The van der Waals surface area contributed by atoms with Crippen molar-refractivity contribution in [2.75, 3.05) is 4.90 Å². The van der Waals surface area contributed by atoms with Gasteiger partial charge in [0, 0.05) is 55.1 Å². The second-order valence-corrected chi connectivity index (χ2v) is 14.8. The van der Waals surface area contributed by atoms with E-state index in [1.165, 1.54) is 33.6 Å². The van der Waals surface area contributed by atoms with Crippen LogP contribution in [0, 0.1) is 0 Å². The number of Topliss-reactive ketones (excluding diaryl/α,β-unsaturated/α-hetero) is 2. The van der Waals surface area contributed by atoms with Crippen LogP contribution >= 0.6 is 22.7 Å². The Morgan fingerprint density at radius 3 is 1.92 bits per heavy atom. The van der Waals surface area contributed by atoms with Crippen molar-refractivity contribution < 1.29 is 14.0 Å². The fourth-order valence-electron chi connectivity index (χ4n) is 6.42. The van der Waals surface area contributed by atoms with Gasteiger partial charge in [-0.15, -0.1) is 11.3 Å². The van der Waals surface area contributed by atoms with Crippen molar-refractivity contribution in [3.05, 3.63) is 141 Å². The van der Waals surface area contributed by atoms with Gasteiger partial charge in [-0.25, -0.2) is 0 Å². The van der Waals surface area contributed by atoms with Crippen LogP contribution in [0.2, 0.25) is 0 Å². The summed E-state index contributed by atoms with van der Waals surface area (Å²) in [6, 6.07) is 34.7. The van der Waals surface area contributed by atoms with Crippen LogP contribution in [0.1, 0.15) is 77.1 Å². The highest BCUT2D eigenvalue weighted by Gasteiger charge is 2.34. The molecule has 4 aromatic carbocycles. The Hall–Kier alpha value is -5.04. The summed E-state index contributed by atoms with van der Waals surface area (Å²) in [6.07, 6.45) is 1.59. The monoisotopic (exact) mass is 663 g/mol. The smallest absolute Gasteiger partial charge is 0.198 e. The van der Waals surface area contributed by atoms with E-state index in [-0.39, 0.29) is 17.1 Å². The average molecular weight is 664 g/mol. The number of carbonyl (C=O) groups excluding carboxylic acids is 2. The zero-order valence-electron chi connectivity index (χ0n) is 27.1. The molecule has 3 heterocycles. The van der Waals surface area contributed by atoms with Gasteiger partial charge in [-0.3, -0.25) is 9.59 Å². The number of hydrogen-bond acceptors (Lipinski definition) is 6. The van der Waals surface area contributed by atoms with Gasteiger partial charge in [0.1, 0.15) is 5.76 Å². The molecule has 1 aliphatic carbocycles. The van der Waals surface area contributed by atoms with Gasteiger partial charge in [0.15, 0.2) is 17.1 Å². The van der Waals surface area contributed by atoms with E-state index in [4.69, 9.17) is 4.42 Å². The maximum absolute atomic E-state index is 12.9. The van der Waals surface area contributed by atoms with E-state index in [2.05, 4.69) is 118 Å². The molecule has 7 aromatic rings. The summed E-state index contributed by atoms with van der Waals surface area (Å²) in [5.74, 6) is 0.832. The van der Waals surface area contributed by atoms with E-state index in [1.54, 1.807) is 28.2 Å². The van der Waals surface area contributed by atoms with Crippen LogP contribution in [0.3, 0.4) is 0 Å². The minimum absolute atomic E-state index is 0.166. The molecule has 0 bridgehead atoms. The van der Waals surface area contributed by atoms with E-state index >= 15 is 0 Å². The van der Waals surface area contributed by atoms with Gasteiger partial charge in [-0.2, -0.15) is 11.3 Å². The van der Waals surface area contributed by atoms with Crippen molar-refractivity contribution in [3.8, 4) is 11.1 Å². The molecule has 0 spiro atoms. The molecule has 8 rings (SSSR count). The summed E-state index contributed by atoms with van der Waals surface area (Å²) in [4.78, 5) is 28.1. The number of rotatable bonds is 7. The number of carbonyl (C=O) groups is 2. The highest BCUT2D eigenvalue weighted by molar-refractivity contribution is 7.25. The zero-order valence-corrected chi connectivity index (χ0v) is 28.7. The number of fused-ring (bicyclic) bond motifs is 4.